The first-order valence-corrected chi connectivity index (χ1v) is 20.1. The van der Waals surface area contributed by atoms with Crippen LogP contribution in [-0.4, -0.2) is 99.5 Å². The van der Waals surface area contributed by atoms with Gasteiger partial charge in [-0.15, -0.1) is 5.92 Å². The van der Waals surface area contributed by atoms with Gasteiger partial charge in [-0.05, 0) is 64.2 Å². The third-order valence-corrected chi connectivity index (χ3v) is 9.82. The maximum Gasteiger partial charge on any atom is 1.00 e. The number of hydrogen-bond acceptors (Lipinski definition) is 8. The van der Waals surface area contributed by atoms with Crippen molar-refractivity contribution >= 4 is 47.1 Å². The van der Waals surface area contributed by atoms with Gasteiger partial charge >= 0.3 is 58.9 Å². The van der Waals surface area contributed by atoms with E-state index in [0.717, 1.165) is 18.4 Å². The van der Waals surface area contributed by atoms with Crippen LogP contribution < -0.4 is 62.9 Å². The van der Waals surface area contributed by atoms with Crippen molar-refractivity contribution in [3.8, 4) is 34.9 Å². The average molecular weight is 978 g/mol. The number of likely N-dealkylation sites (N-methyl/N-ethyl adjacent to an activating group) is 2. The maximum absolute atomic E-state index is 14.7. The van der Waals surface area contributed by atoms with Crippen molar-refractivity contribution in [1.82, 2.24) is 19.8 Å². The monoisotopic (exact) mass is 976 g/mol. The number of pyridine rings is 2. The van der Waals surface area contributed by atoms with Crippen LogP contribution in [0.2, 0.25) is 0 Å². The Kier molecular flexibility index (Phi) is 22.5. The second kappa shape index (κ2) is 25.8. The Balaban J connectivity index is 0.000000340. The van der Waals surface area contributed by atoms with Crippen LogP contribution in [0.4, 0.5) is 21.7 Å². The summed E-state index contributed by atoms with van der Waals surface area (Å²) in [6.45, 7) is 4.83. The Morgan fingerprint density at radius 3 is 1.72 bits per heavy atom. The zero-order chi connectivity index (χ0) is 47.1. The zero-order valence-corrected chi connectivity index (χ0v) is 40.5. The molecule has 4 aromatic rings. The molecular weight excluding hydrogens is 933 g/mol. The number of aryl methyl sites for hydroxylation is 2. The first kappa shape index (κ1) is 55.6. The third-order valence-electron chi connectivity index (χ3n) is 9.26. The maximum atomic E-state index is 14.7. The smallest absolute Gasteiger partial charge is 0.369 e. The van der Waals surface area contributed by atoms with Crippen molar-refractivity contribution in [2.75, 3.05) is 27.2 Å². The van der Waals surface area contributed by atoms with Crippen molar-refractivity contribution in [2.24, 2.45) is 11.5 Å². The molecule has 6 N–H and O–H groups in total. The van der Waals surface area contributed by atoms with Crippen molar-refractivity contribution in [2.45, 2.75) is 63.6 Å². The number of primary amides is 2. The van der Waals surface area contributed by atoms with Crippen LogP contribution in [0.1, 0.15) is 82.8 Å². The molecular formula is C44H44BBrF5KN6O6. The minimum atomic E-state index is -3.67. The Labute approximate surface area is 419 Å². The molecule has 2 atom stereocenters. The summed E-state index contributed by atoms with van der Waals surface area (Å²) in [5.74, 6) is 7.73. The molecule has 2 aliphatic rings. The minimum Gasteiger partial charge on any atom is -0.369 e. The van der Waals surface area contributed by atoms with E-state index in [4.69, 9.17) is 11.5 Å². The van der Waals surface area contributed by atoms with Gasteiger partial charge < -0.3 is 31.5 Å². The fraction of sp³-hybridized carbons (Fsp3) is 0.318. The summed E-state index contributed by atoms with van der Waals surface area (Å²) in [6.07, 6.45) is 3.22. The first-order valence-electron chi connectivity index (χ1n) is 19.3. The van der Waals surface area contributed by atoms with Gasteiger partial charge in [0.1, 0.15) is 27.5 Å². The van der Waals surface area contributed by atoms with E-state index in [0.29, 0.717) is 54.6 Å². The van der Waals surface area contributed by atoms with Crippen LogP contribution in [0.25, 0.3) is 11.3 Å². The molecule has 2 aromatic heterocycles. The quantitative estimate of drug-likeness (QED) is 0.0713. The van der Waals surface area contributed by atoms with Gasteiger partial charge in [0.05, 0.1) is 0 Å². The van der Waals surface area contributed by atoms with Gasteiger partial charge in [-0.2, -0.15) is 30.3 Å². The van der Waals surface area contributed by atoms with Crippen LogP contribution in [0.5, 0.6) is 0 Å². The molecule has 0 bridgehead atoms. The van der Waals surface area contributed by atoms with Gasteiger partial charge in [-0.1, -0.05) is 62.1 Å². The van der Waals surface area contributed by atoms with E-state index in [1.807, 2.05) is 26.0 Å². The molecule has 332 valence electrons. The molecule has 2 aliphatic heterocycles. The molecule has 2 saturated heterocycles. The number of likely N-dealkylation sites (tertiary alicyclic amines) is 2. The van der Waals surface area contributed by atoms with Gasteiger partial charge in [0.2, 0.25) is 11.2 Å². The average Bonchev–Trinajstić information content (AvgIpc) is 3.65. The number of nitrogens with zero attached hydrogens (tertiary/aromatic N) is 4. The van der Waals surface area contributed by atoms with E-state index < -0.39 is 48.1 Å². The van der Waals surface area contributed by atoms with E-state index in [9.17, 15) is 51.1 Å². The van der Waals surface area contributed by atoms with E-state index in [2.05, 4.69) is 55.6 Å². The molecule has 4 amide bonds. The number of hydrogen-bond donors (Lipinski definition) is 4. The topological polar surface area (TPSA) is 193 Å². The first-order chi connectivity index (χ1) is 29.7. The van der Waals surface area contributed by atoms with Gasteiger partial charge in [0.25, 0.3) is 23.6 Å². The van der Waals surface area contributed by atoms with Gasteiger partial charge in [0.15, 0.2) is 5.82 Å². The van der Waals surface area contributed by atoms with Crippen LogP contribution in [0.15, 0.2) is 65.3 Å². The molecule has 12 nitrogen and oxygen atoms in total. The summed E-state index contributed by atoms with van der Waals surface area (Å²) in [7, 11) is -0.395. The Bertz CT molecular complexity index is 2430. The number of carbonyl (C=O) groups is 4. The SMILES string of the molecule is CCCc1cc(F)c(-c2cccc(C#C[C@]3(O)CCN(C)C3=O)c2)nc1C(N)=O.CCCc1cc(F)c(Br)nc1C(N)=O.CN1CC[C@@](O)(C#Cc2c[c-]ccc2)C1=O.FB(F)F.[K+]. The number of carbonyl (C=O) groups excluding carboxylic acids is 4. The molecule has 0 saturated carbocycles. The molecule has 0 spiro atoms. The molecule has 64 heavy (non-hydrogen) atoms. The van der Waals surface area contributed by atoms with Crippen LogP contribution in [-0.2, 0) is 22.4 Å². The van der Waals surface area contributed by atoms with E-state index in [1.54, 1.807) is 50.5 Å². The second-order valence-corrected chi connectivity index (χ2v) is 14.9. The summed E-state index contributed by atoms with van der Waals surface area (Å²) in [5, 5.41) is 20.4. The second-order valence-electron chi connectivity index (χ2n) is 14.1. The zero-order valence-electron chi connectivity index (χ0n) is 35.7. The van der Waals surface area contributed by atoms with E-state index in [-0.39, 0.29) is 85.4 Å². The van der Waals surface area contributed by atoms with E-state index in [1.165, 1.54) is 21.9 Å². The molecule has 20 heteroatoms. The number of amides is 4. The molecule has 0 aliphatic carbocycles. The number of halogens is 6. The van der Waals surface area contributed by atoms with Gasteiger partial charge in [-0.25, -0.2) is 18.7 Å². The van der Waals surface area contributed by atoms with Crippen LogP contribution in [0.3, 0.4) is 0 Å². The largest absolute Gasteiger partial charge is 1.00 e. The number of aliphatic hydroxyl groups is 2. The normalized spacial score (nSPS) is 17.1. The van der Waals surface area contributed by atoms with E-state index >= 15 is 0 Å². The summed E-state index contributed by atoms with van der Waals surface area (Å²) in [6, 6.07) is 19.2. The molecule has 2 fully saturated rings. The fourth-order valence-electron chi connectivity index (χ4n) is 6.09. The van der Waals surface area contributed by atoms with Crippen molar-refractivity contribution in [3.63, 3.8) is 0 Å². The number of rotatable bonds is 7. The number of aromatic nitrogens is 2. The van der Waals surface area contributed by atoms with Crippen molar-refractivity contribution in [1.29, 1.82) is 0 Å². The Morgan fingerprint density at radius 1 is 0.812 bits per heavy atom. The Hall–Kier alpha value is -4.51. The van der Waals surface area contributed by atoms with Gasteiger partial charge in [0, 0.05) is 51.2 Å². The molecule has 4 heterocycles. The molecule has 2 aromatic carbocycles. The van der Waals surface area contributed by atoms with Crippen molar-refractivity contribution in [3.05, 3.63) is 117 Å². The summed E-state index contributed by atoms with van der Waals surface area (Å²) < 4.78 is 56.8. The number of nitrogens with two attached hydrogens (primary N) is 2. The molecule has 0 radical (unpaired) electrons. The summed E-state index contributed by atoms with van der Waals surface area (Å²) in [4.78, 5) is 57.2. The molecule has 6 rings (SSSR count). The van der Waals surface area contributed by atoms with Crippen molar-refractivity contribution < 1.29 is 103 Å². The predicted octanol–water partition coefficient (Wildman–Crippen LogP) is 2.23. The molecule has 0 unspecified atom stereocenters. The fourth-order valence-corrected chi connectivity index (χ4v) is 6.38. The van der Waals surface area contributed by atoms with Crippen LogP contribution >= 0.6 is 15.9 Å². The summed E-state index contributed by atoms with van der Waals surface area (Å²) >= 11 is 2.91. The predicted molar refractivity (Wildman–Crippen MR) is 229 cm³/mol. The summed E-state index contributed by atoms with van der Waals surface area (Å²) in [5.41, 5.74) is 10.2. The van der Waals surface area contributed by atoms with Crippen LogP contribution in [0, 0.1) is 41.4 Å². The van der Waals surface area contributed by atoms with Gasteiger partial charge in [-0.3, -0.25) is 32.1 Å². The standard InChI is InChI=1S/C22H22FN3O3.C13H12NO2.C9H10BrFN2O.BF3.K/c1-3-5-15-13-17(23)18(25-19(15)20(24)27)16-7-4-6-14(12-16)8-9-22(29)10-11-26(2)21(22)28;1-14-10-9-13(16,12(14)15)8-7-11-5-3-2-4-6-11;1-2-3-5-4-6(11)8(10)13-7(5)9(12)14;2-1(3)4;/h4,6-7,12-13,29H,3,5,10-11H2,1-2H3,(H2,24,27);2-3,5-6,16H,9-10H2,1H3;4H,2-3H2,1H3,(H2,12,14);;/q;-1;;;+1/t22-;13-;;;/m00.../s1. The minimum absolute atomic E-state index is 0. The third kappa shape index (κ3) is 15.9. The Morgan fingerprint density at radius 2 is 1.28 bits per heavy atom. The number of benzene rings is 2.